The summed E-state index contributed by atoms with van der Waals surface area (Å²) in [6.45, 7) is 3.66. The smallest absolute Gasteiger partial charge is 0.0191 e. The first-order valence-electron chi connectivity index (χ1n) is 7.69. The van der Waals surface area contributed by atoms with Crippen LogP contribution in [0.3, 0.4) is 0 Å². The van der Waals surface area contributed by atoms with Crippen molar-refractivity contribution in [1.29, 1.82) is 0 Å². The quantitative estimate of drug-likeness (QED) is 0.827. The van der Waals surface area contributed by atoms with E-state index in [0.717, 1.165) is 23.9 Å². The van der Waals surface area contributed by atoms with Gasteiger partial charge in [0.1, 0.15) is 0 Å². The largest absolute Gasteiger partial charge is 0.317 e. The first kappa shape index (κ1) is 14.7. The van der Waals surface area contributed by atoms with Gasteiger partial charge in [0, 0.05) is 24.4 Å². The van der Waals surface area contributed by atoms with Crippen LogP contribution >= 0.6 is 11.8 Å². The number of nitrogens with zero attached hydrogens (tertiary/aromatic N) is 1. The molecule has 2 fully saturated rings. The highest BCUT2D eigenvalue weighted by Crippen LogP contribution is 2.32. The number of nitrogens with one attached hydrogen (secondary N) is 1. The van der Waals surface area contributed by atoms with Crippen molar-refractivity contribution in [2.75, 3.05) is 32.1 Å². The van der Waals surface area contributed by atoms with Gasteiger partial charge in [0.2, 0.25) is 0 Å². The molecule has 1 aliphatic carbocycles. The van der Waals surface area contributed by atoms with Crippen LogP contribution in [0.25, 0.3) is 0 Å². The molecule has 1 heterocycles. The molecule has 2 rings (SSSR count). The summed E-state index contributed by atoms with van der Waals surface area (Å²) in [4.78, 5) is 2.65. The van der Waals surface area contributed by atoms with Crippen molar-refractivity contribution >= 4 is 11.8 Å². The second-order valence-corrected chi connectivity index (χ2v) is 7.35. The average molecular weight is 270 g/mol. The molecule has 2 nitrogen and oxygen atoms in total. The number of hydrogen-bond acceptors (Lipinski definition) is 3. The molecule has 4 atom stereocenters. The van der Waals surface area contributed by atoms with E-state index in [2.05, 4.69) is 43.0 Å². The molecule has 1 N–H and O–H groups in total. The van der Waals surface area contributed by atoms with Crippen molar-refractivity contribution in [2.45, 2.75) is 51.1 Å². The molecule has 0 spiro atoms. The van der Waals surface area contributed by atoms with Gasteiger partial charge in [-0.3, -0.25) is 0 Å². The monoisotopic (exact) mass is 270 g/mol. The SMILES string of the molecule is CCC1CCC(NC)C(CN(C)C2CCSC2)C1. The minimum atomic E-state index is 0.754. The van der Waals surface area contributed by atoms with Gasteiger partial charge in [0.15, 0.2) is 0 Å². The van der Waals surface area contributed by atoms with Crippen LogP contribution in [0.5, 0.6) is 0 Å². The van der Waals surface area contributed by atoms with E-state index in [0.29, 0.717) is 0 Å². The highest BCUT2D eigenvalue weighted by atomic mass is 32.2. The molecule has 0 aromatic carbocycles. The maximum atomic E-state index is 3.56. The fraction of sp³-hybridized carbons (Fsp3) is 1.00. The molecule has 3 heteroatoms. The molecule has 0 amide bonds. The van der Waals surface area contributed by atoms with Crippen molar-refractivity contribution in [3.05, 3.63) is 0 Å². The lowest BCUT2D eigenvalue weighted by molar-refractivity contribution is 0.138. The van der Waals surface area contributed by atoms with E-state index >= 15 is 0 Å². The standard InChI is InChI=1S/C15H30N2S/c1-4-12-5-6-15(16-2)13(9-12)10-17(3)14-7-8-18-11-14/h12-16H,4-11H2,1-3H3. The van der Waals surface area contributed by atoms with Crippen molar-refractivity contribution in [3.8, 4) is 0 Å². The van der Waals surface area contributed by atoms with Gasteiger partial charge in [-0.15, -0.1) is 0 Å². The fourth-order valence-electron chi connectivity index (χ4n) is 3.70. The number of rotatable bonds is 5. The normalized spacial score (nSPS) is 37.3. The summed E-state index contributed by atoms with van der Waals surface area (Å²) in [5, 5.41) is 3.56. The minimum absolute atomic E-state index is 0.754. The summed E-state index contributed by atoms with van der Waals surface area (Å²) < 4.78 is 0. The van der Waals surface area contributed by atoms with Crippen molar-refractivity contribution in [1.82, 2.24) is 10.2 Å². The molecule has 4 unspecified atom stereocenters. The molecule has 0 radical (unpaired) electrons. The third-order valence-electron chi connectivity index (χ3n) is 5.09. The van der Waals surface area contributed by atoms with Gasteiger partial charge in [-0.1, -0.05) is 13.3 Å². The van der Waals surface area contributed by atoms with Gasteiger partial charge < -0.3 is 10.2 Å². The van der Waals surface area contributed by atoms with Gasteiger partial charge in [-0.2, -0.15) is 11.8 Å². The molecular formula is C15H30N2S. The molecular weight excluding hydrogens is 240 g/mol. The van der Waals surface area contributed by atoms with Gasteiger partial charge in [-0.25, -0.2) is 0 Å². The maximum absolute atomic E-state index is 3.56. The van der Waals surface area contributed by atoms with Crippen molar-refractivity contribution in [3.63, 3.8) is 0 Å². The van der Waals surface area contributed by atoms with Gasteiger partial charge in [-0.05, 0) is 57.4 Å². The van der Waals surface area contributed by atoms with Crippen molar-refractivity contribution in [2.24, 2.45) is 11.8 Å². The van der Waals surface area contributed by atoms with Crippen LogP contribution in [-0.2, 0) is 0 Å². The average Bonchev–Trinajstić information content (AvgIpc) is 2.92. The number of thioether (sulfide) groups is 1. The Morgan fingerprint density at radius 1 is 1.28 bits per heavy atom. The van der Waals surface area contributed by atoms with E-state index in [9.17, 15) is 0 Å². The van der Waals surface area contributed by atoms with Gasteiger partial charge >= 0.3 is 0 Å². The van der Waals surface area contributed by atoms with Crippen LogP contribution in [0, 0.1) is 11.8 Å². The molecule has 1 aliphatic heterocycles. The Hall–Kier alpha value is 0.270. The first-order chi connectivity index (χ1) is 8.74. The van der Waals surface area contributed by atoms with Crippen LogP contribution in [0.2, 0.25) is 0 Å². The van der Waals surface area contributed by atoms with Crippen LogP contribution in [0.1, 0.15) is 39.0 Å². The molecule has 106 valence electrons. The van der Waals surface area contributed by atoms with E-state index in [-0.39, 0.29) is 0 Å². The molecule has 2 aliphatic rings. The van der Waals surface area contributed by atoms with Crippen molar-refractivity contribution < 1.29 is 0 Å². The third kappa shape index (κ3) is 3.64. The zero-order valence-corrected chi connectivity index (χ0v) is 13.1. The predicted octanol–water partition coefficient (Wildman–Crippen LogP) is 2.84. The van der Waals surface area contributed by atoms with E-state index in [1.165, 1.54) is 50.2 Å². The summed E-state index contributed by atoms with van der Waals surface area (Å²) >= 11 is 2.13. The summed E-state index contributed by atoms with van der Waals surface area (Å²) in [7, 11) is 4.49. The minimum Gasteiger partial charge on any atom is -0.317 e. The summed E-state index contributed by atoms with van der Waals surface area (Å²) in [6.07, 6.45) is 7.02. The Morgan fingerprint density at radius 2 is 2.11 bits per heavy atom. The Labute approximate surface area is 117 Å². The molecule has 0 bridgehead atoms. The van der Waals surface area contributed by atoms with E-state index < -0.39 is 0 Å². The fourth-order valence-corrected chi connectivity index (χ4v) is 5.00. The first-order valence-corrected chi connectivity index (χ1v) is 8.85. The summed E-state index contributed by atoms with van der Waals surface area (Å²) in [5.41, 5.74) is 0. The Morgan fingerprint density at radius 3 is 2.72 bits per heavy atom. The maximum Gasteiger partial charge on any atom is 0.0191 e. The molecule has 18 heavy (non-hydrogen) atoms. The van der Waals surface area contributed by atoms with E-state index in [4.69, 9.17) is 0 Å². The zero-order chi connectivity index (χ0) is 13.0. The lowest BCUT2D eigenvalue weighted by Crippen LogP contribution is -2.46. The predicted molar refractivity (Wildman–Crippen MR) is 82.3 cm³/mol. The molecule has 1 saturated carbocycles. The molecule has 0 aromatic heterocycles. The molecule has 1 saturated heterocycles. The summed E-state index contributed by atoms with van der Waals surface area (Å²) in [6, 6.07) is 1.60. The Bertz CT molecular complexity index is 241. The highest BCUT2D eigenvalue weighted by molar-refractivity contribution is 7.99. The van der Waals surface area contributed by atoms with E-state index in [1.54, 1.807) is 0 Å². The second-order valence-electron chi connectivity index (χ2n) is 6.20. The lowest BCUT2D eigenvalue weighted by atomic mass is 9.76. The molecule has 0 aromatic rings. The van der Waals surface area contributed by atoms with Crippen LogP contribution in [0.15, 0.2) is 0 Å². The van der Waals surface area contributed by atoms with Crippen LogP contribution in [0.4, 0.5) is 0 Å². The number of hydrogen-bond donors (Lipinski definition) is 1. The van der Waals surface area contributed by atoms with Crippen LogP contribution in [-0.4, -0.2) is 49.1 Å². The van der Waals surface area contributed by atoms with Crippen LogP contribution < -0.4 is 5.32 Å². The second kappa shape index (κ2) is 7.16. The zero-order valence-electron chi connectivity index (χ0n) is 12.3. The van der Waals surface area contributed by atoms with Gasteiger partial charge in [0.05, 0.1) is 0 Å². The van der Waals surface area contributed by atoms with E-state index in [1.807, 2.05) is 0 Å². The third-order valence-corrected chi connectivity index (χ3v) is 6.24. The Balaban J connectivity index is 1.87. The topological polar surface area (TPSA) is 15.3 Å². The lowest BCUT2D eigenvalue weighted by Gasteiger charge is -2.39. The summed E-state index contributed by atoms with van der Waals surface area (Å²) in [5.74, 6) is 4.56. The van der Waals surface area contributed by atoms with Gasteiger partial charge in [0.25, 0.3) is 0 Å². The highest BCUT2D eigenvalue weighted by Gasteiger charge is 2.31. The Kier molecular flexibility index (Phi) is 5.84.